The second-order valence-corrected chi connectivity index (χ2v) is 6.47. The molecule has 0 saturated carbocycles. The van der Waals surface area contributed by atoms with E-state index in [-0.39, 0.29) is 35.8 Å². The number of anilines is 1. The van der Waals surface area contributed by atoms with Gasteiger partial charge in [-0.15, -0.1) is 0 Å². The molecule has 2 rings (SSSR count). The van der Waals surface area contributed by atoms with E-state index in [9.17, 15) is 10.5 Å². The number of aliphatic hydroxyl groups is 1. The normalized spacial score (nSPS) is 11.0. The summed E-state index contributed by atoms with van der Waals surface area (Å²) in [7, 11) is 1.56. The van der Waals surface area contributed by atoms with Crippen LogP contribution in [0.3, 0.4) is 0 Å². The van der Waals surface area contributed by atoms with E-state index in [1.54, 1.807) is 19.3 Å². The monoisotopic (exact) mass is 479 g/mol. The van der Waals surface area contributed by atoms with Crippen molar-refractivity contribution in [1.29, 1.82) is 10.5 Å². The zero-order chi connectivity index (χ0) is 20.0. The number of benzene rings is 1. The topological polar surface area (TPSA) is 130 Å². The molecule has 1 heterocycles. The summed E-state index contributed by atoms with van der Waals surface area (Å²) >= 11 is 2.12. The van der Waals surface area contributed by atoms with Gasteiger partial charge in [-0.1, -0.05) is 0 Å². The summed E-state index contributed by atoms with van der Waals surface area (Å²) in [5.74, 6) is 1.28. The Balaban J connectivity index is 2.59. The highest BCUT2D eigenvalue weighted by Crippen LogP contribution is 2.35. The van der Waals surface area contributed by atoms with E-state index < -0.39 is 0 Å². The van der Waals surface area contributed by atoms with Crippen LogP contribution in [0.1, 0.15) is 23.7 Å². The van der Waals surface area contributed by atoms with Gasteiger partial charge in [-0.05, 0) is 53.3 Å². The molecule has 1 aromatic carbocycles. The molecular formula is C18H18IN5O3. The number of rotatable bonds is 7. The lowest BCUT2D eigenvalue weighted by Crippen LogP contribution is -2.07. The van der Waals surface area contributed by atoms with Crippen LogP contribution in [0.25, 0.3) is 11.6 Å². The Morgan fingerprint density at radius 1 is 1.44 bits per heavy atom. The zero-order valence-corrected chi connectivity index (χ0v) is 17.0. The molecule has 3 N–H and O–H groups in total. The molecule has 0 atom stereocenters. The van der Waals surface area contributed by atoms with E-state index >= 15 is 0 Å². The van der Waals surface area contributed by atoms with Gasteiger partial charge in [0.1, 0.15) is 29.2 Å². The largest absolute Gasteiger partial charge is 0.492 e. The van der Waals surface area contributed by atoms with Gasteiger partial charge in [0.2, 0.25) is 0 Å². The van der Waals surface area contributed by atoms with Crippen molar-refractivity contribution in [1.82, 2.24) is 9.78 Å². The van der Waals surface area contributed by atoms with E-state index in [2.05, 4.69) is 33.8 Å². The van der Waals surface area contributed by atoms with Gasteiger partial charge in [-0.25, -0.2) is 4.68 Å². The Morgan fingerprint density at radius 2 is 2.19 bits per heavy atom. The number of halogens is 1. The summed E-state index contributed by atoms with van der Waals surface area (Å²) in [4.78, 5) is 0. The third-order valence-electron chi connectivity index (χ3n) is 3.64. The van der Waals surface area contributed by atoms with Crippen LogP contribution in [0.5, 0.6) is 11.5 Å². The summed E-state index contributed by atoms with van der Waals surface area (Å²) < 4.78 is 13.1. The number of nitrogens with zero attached hydrogens (tertiary/aromatic N) is 4. The predicted molar refractivity (Wildman–Crippen MR) is 109 cm³/mol. The number of nitrogen functional groups attached to an aromatic ring is 1. The van der Waals surface area contributed by atoms with Crippen molar-refractivity contribution in [2.45, 2.75) is 13.5 Å². The van der Waals surface area contributed by atoms with Crippen molar-refractivity contribution in [3.8, 4) is 23.6 Å². The van der Waals surface area contributed by atoms with Gasteiger partial charge in [0, 0.05) is 0 Å². The first kappa shape index (κ1) is 20.6. The minimum absolute atomic E-state index is 0.101. The van der Waals surface area contributed by atoms with Crippen molar-refractivity contribution in [3.63, 3.8) is 0 Å². The molecular weight excluding hydrogens is 461 g/mol. The molecule has 0 spiro atoms. The first-order valence-electron chi connectivity index (χ1n) is 8.00. The summed E-state index contributed by atoms with van der Waals surface area (Å²) in [6, 6.07) is 7.63. The first-order valence-corrected chi connectivity index (χ1v) is 9.08. The summed E-state index contributed by atoms with van der Waals surface area (Å²) in [6.07, 6.45) is 1.61. The summed E-state index contributed by atoms with van der Waals surface area (Å²) in [5.41, 5.74) is 7.05. The number of methoxy groups -OCH3 is 1. The van der Waals surface area contributed by atoms with Gasteiger partial charge >= 0.3 is 0 Å². The Hall–Kier alpha value is -2.76. The van der Waals surface area contributed by atoms with Crippen LogP contribution < -0.4 is 15.2 Å². The van der Waals surface area contributed by atoms with Gasteiger partial charge in [0.05, 0.1) is 36.0 Å². The Labute approximate surface area is 170 Å². The fourth-order valence-electron chi connectivity index (χ4n) is 2.49. The lowest BCUT2D eigenvalue weighted by Gasteiger charge is -2.12. The van der Waals surface area contributed by atoms with E-state index in [0.717, 1.165) is 3.57 Å². The Bertz CT molecular complexity index is 953. The van der Waals surface area contributed by atoms with Crippen molar-refractivity contribution < 1.29 is 14.6 Å². The van der Waals surface area contributed by atoms with E-state index in [0.29, 0.717) is 23.7 Å². The highest BCUT2D eigenvalue weighted by molar-refractivity contribution is 14.1. The van der Waals surface area contributed by atoms with Gasteiger partial charge in [-0.3, -0.25) is 0 Å². The average Bonchev–Trinajstić information content (AvgIpc) is 2.95. The van der Waals surface area contributed by atoms with Crippen LogP contribution in [0, 0.1) is 26.2 Å². The molecule has 1 aromatic heterocycles. The number of ether oxygens (including phenoxy) is 2. The molecule has 0 unspecified atom stereocenters. The molecule has 8 nitrogen and oxygen atoms in total. The molecule has 9 heteroatoms. The third kappa shape index (κ3) is 4.32. The number of aromatic nitrogens is 2. The first-order chi connectivity index (χ1) is 13.0. The lowest BCUT2D eigenvalue weighted by molar-refractivity contribution is 0.270. The number of nitriles is 2. The van der Waals surface area contributed by atoms with Crippen LogP contribution in [-0.2, 0) is 6.54 Å². The van der Waals surface area contributed by atoms with Crippen molar-refractivity contribution in [2.24, 2.45) is 0 Å². The summed E-state index contributed by atoms with van der Waals surface area (Å²) in [6.45, 7) is 2.28. The van der Waals surface area contributed by atoms with Crippen molar-refractivity contribution in [2.75, 3.05) is 26.1 Å². The van der Waals surface area contributed by atoms with E-state index in [1.165, 1.54) is 4.68 Å². The molecule has 0 fully saturated rings. The van der Waals surface area contributed by atoms with Crippen molar-refractivity contribution >= 4 is 40.1 Å². The fourth-order valence-corrected chi connectivity index (χ4v) is 3.34. The molecule has 0 bridgehead atoms. The Kier molecular flexibility index (Phi) is 7.05. The number of aliphatic hydroxyl groups excluding tert-OH is 1. The van der Waals surface area contributed by atoms with Gasteiger partial charge in [0.15, 0.2) is 11.5 Å². The second-order valence-electron chi connectivity index (χ2n) is 5.30. The number of hydrogen-bond acceptors (Lipinski definition) is 7. The lowest BCUT2D eigenvalue weighted by atomic mass is 10.1. The van der Waals surface area contributed by atoms with Gasteiger partial charge < -0.3 is 20.3 Å². The molecule has 0 saturated heterocycles. The molecule has 2 aromatic rings. The van der Waals surface area contributed by atoms with Gasteiger partial charge in [-0.2, -0.15) is 15.6 Å². The number of nitrogens with two attached hydrogens (primary N) is 1. The third-order valence-corrected chi connectivity index (χ3v) is 4.44. The summed E-state index contributed by atoms with van der Waals surface area (Å²) in [5, 5.41) is 32.3. The van der Waals surface area contributed by atoms with Crippen LogP contribution in [0.15, 0.2) is 12.1 Å². The quantitative estimate of drug-likeness (QED) is 0.461. The zero-order valence-electron chi connectivity index (χ0n) is 14.9. The van der Waals surface area contributed by atoms with Crippen LogP contribution in [0.2, 0.25) is 0 Å². The highest BCUT2D eigenvalue weighted by atomic mass is 127. The molecule has 140 valence electrons. The average molecular weight is 479 g/mol. The van der Waals surface area contributed by atoms with E-state index in [1.807, 2.05) is 19.1 Å². The van der Waals surface area contributed by atoms with Crippen LogP contribution >= 0.6 is 22.6 Å². The van der Waals surface area contributed by atoms with Gasteiger partial charge in [0.25, 0.3) is 0 Å². The smallest absolute Gasteiger partial charge is 0.174 e. The fraction of sp³-hybridized carbons (Fsp3) is 0.278. The molecule has 0 aliphatic rings. The Morgan fingerprint density at radius 3 is 2.74 bits per heavy atom. The second kappa shape index (κ2) is 9.26. The molecule has 0 aliphatic carbocycles. The van der Waals surface area contributed by atoms with Crippen LogP contribution in [0.4, 0.5) is 5.82 Å². The molecule has 27 heavy (non-hydrogen) atoms. The predicted octanol–water partition coefficient (Wildman–Crippen LogP) is 2.41. The number of hydrogen-bond donors (Lipinski definition) is 2. The van der Waals surface area contributed by atoms with Crippen LogP contribution in [-0.4, -0.2) is 35.2 Å². The minimum Gasteiger partial charge on any atom is -0.492 e. The van der Waals surface area contributed by atoms with Crippen molar-refractivity contribution in [3.05, 3.63) is 32.5 Å². The maximum Gasteiger partial charge on any atom is 0.174 e. The standard InChI is InChI=1S/C18H18IN5O3/c1-3-27-15-8-11(7-14(19)17(15)26-2)6-12(9-20)16-13(10-21)18(22)24(23-16)4-5-25/h6-8,25H,3-5,22H2,1-2H3/b12-6-. The maximum atomic E-state index is 9.61. The maximum absolute atomic E-state index is 9.61. The SMILES string of the molecule is CCOc1cc(/C=C(/C#N)c2nn(CCO)c(N)c2C#N)cc(I)c1OC. The highest BCUT2D eigenvalue weighted by Gasteiger charge is 2.19. The number of allylic oxidation sites excluding steroid dienone is 1. The van der Waals surface area contributed by atoms with E-state index in [4.69, 9.17) is 20.3 Å². The molecule has 0 radical (unpaired) electrons. The minimum atomic E-state index is -0.184. The molecule has 0 amide bonds. The molecule has 0 aliphatic heterocycles.